The van der Waals surface area contributed by atoms with Crippen LogP contribution in [-0.2, 0) is 9.59 Å². The van der Waals surface area contributed by atoms with Gasteiger partial charge in [0.25, 0.3) is 0 Å². The zero-order valence-corrected chi connectivity index (χ0v) is 12.3. The molecule has 2 atom stereocenters. The van der Waals surface area contributed by atoms with E-state index in [1.54, 1.807) is 4.90 Å². The topological polar surface area (TPSA) is 49.4 Å². The molecular formula is C16H22N2O2. The van der Waals surface area contributed by atoms with Crippen LogP contribution in [0.15, 0.2) is 24.3 Å². The summed E-state index contributed by atoms with van der Waals surface area (Å²) in [5, 5.41) is 2.96. The molecule has 4 heteroatoms. The van der Waals surface area contributed by atoms with Crippen LogP contribution < -0.4 is 10.2 Å². The van der Waals surface area contributed by atoms with E-state index in [-0.39, 0.29) is 23.8 Å². The fourth-order valence-corrected chi connectivity index (χ4v) is 2.39. The first-order chi connectivity index (χ1) is 9.51. The van der Waals surface area contributed by atoms with Gasteiger partial charge in [-0.15, -0.1) is 0 Å². The van der Waals surface area contributed by atoms with Crippen molar-refractivity contribution in [2.75, 3.05) is 11.4 Å². The third kappa shape index (κ3) is 3.18. The van der Waals surface area contributed by atoms with Crippen LogP contribution >= 0.6 is 0 Å². The van der Waals surface area contributed by atoms with Gasteiger partial charge < -0.3 is 10.2 Å². The molecule has 20 heavy (non-hydrogen) atoms. The van der Waals surface area contributed by atoms with Crippen molar-refractivity contribution in [2.24, 2.45) is 5.92 Å². The molecule has 1 aliphatic heterocycles. The van der Waals surface area contributed by atoms with Crippen LogP contribution in [0.3, 0.4) is 0 Å². The molecule has 0 unspecified atom stereocenters. The summed E-state index contributed by atoms with van der Waals surface area (Å²) in [5.74, 6) is -0.222. The van der Waals surface area contributed by atoms with E-state index in [2.05, 4.69) is 5.32 Å². The summed E-state index contributed by atoms with van der Waals surface area (Å²) < 4.78 is 0. The Bertz CT molecular complexity index is 513. The van der Waals surface area contributed by atoms with Gasteiger partial charge in [-0.25, -0.2) is 0 Å². The molecule has 0 saturated carbocycles. The number of amides is 2. The van der Waals surface area contributed by atoms with Crippen molar-refractivity contribution < 1.29 is 9.59 Å². The predicted octanol–water partition coefficient (Wildman–Crippen LogP) is 2.26. The van der Waals surface area contributed by atoms with Crippen molar-refractivity contribution in [1.82, 2.24) is 5.32 Å². The number of carbonyl (C=O) groups is 2. The molecule has 1 aromatic rings. The van der Waals surface area contributed by atoms with Crippen molar-refractivity contribution in [1.29, 1.82) is 0 Å². The number of nitrogens with one attached hydrogen (secondary N) is 1. The second-order valence-corrected chi connectivity index (χ2v) is 5.56. The molecule has 1 fully saturated rings. The van der Waals surface area contributed by atoms with Crippen molar-refractivity contribution >= 4 is 17.5 Å². The summed E-state index contributed by atoms with van der Waals surface area (Å²) in [6.45, 7) is 6.48. The Morgan fingerprint density at radius 2 is 2.25 bits per heavy atom. The Morgan fingerprint density at radius 3 is 2.90 bits per heavy atom. The lowest BCUT2D eigenvalue weighted by atomic mass is 10.1. The van der Waals surface area contributed by atoms with Gasteiger partial charge in [0, 0.05) is 24.7 Å². The van der Waals surface area contributed by atoms with Crippen LogP contribution in [0.4, 0.5) is 5.69 Å². The van der Waals surface area contributed by atoms with Crippen LogP contribution in [0.1, 0.15) is 32.3 Å². The predicted molar refractivity (Wildman–Crippen MR) is 79.5 cm³/mol. The number of aryl methyl sites for hydroxylation is 1. The van der Waals surface area contributed by atoms with Crippen LogP contribution in [0.25, 0.3) is 0 Å². The summed E-state index contributed by atoms with van der Waals surface area (Å²) in [6, 6.07) is 7.99. The van der Waals surface area contributed by atoms with Gasteiger partial charge >= 0.3 is 0 Å². The van der Waals surface area contributed by atoms with Gasteiger partial charge in [0.15, 0.2) is 0 Å². The molecule has 1 heterocycles. The molecule has 108 valence electrons. The lowest BCUT2D eigenvalue weighted by molar-refractivity contribution is -0.126. The van der Waals surface area contributed by atoms with E-state index < -0.39 is 0 Å². The van der Waals surface area contributed by atoms with Crippen molar-refractivity contribution in [2.45, 2.75) is 39.7 Å². The third-order valence-corrected chi connectivity index (χ3v) is 3.81. The molecule has 1 aromatic carbocycles. The van der Waals surface area contributed by atoms with Crippen LogP contribution in [0, 0.1) is 12.8 Å². The molecular weight excluding hydrogens is 252 g/mol. The van der Waals surface area contributed by atoms with Gasteiger partial charge in [0.2, 0.25) is 11.8 Å². The minimum atomic E-state index is -0.239. The van der Waals surface area contributed by atoms with Gasteiger partial charge in [0.05, 0.1) is 5.92 Å². The minimum Gasteiger partial charge on any atom is -0.353 e. The van der Waals surface area contributed by atoms with Crippen molar-refractivity contribution in [3.05, 3.63) is 29.8 Å². The molecule has 0 spiro atoms. The largest absolute Gasteiger partial charge is 0.353 e. The maximum atomic E-state index is 12.1. The van der Waals surface area contributed by atoms with Gasteiger partial charge in [-0.05, 0) is 38.0 Å². The van der Waals surface area contributed by atoms with E-state index in [9.17, 15) is 9.59 Å². The van der Waals surface area contributed by atoms with E-state index in [4.69, 9.17) is 0 Å². The quantitative estimate of drug-likeness (QED) is 0.915. The summed E-state index contributed by atoms with van der Waals surface area (Å²) in [4.78, 5) is 25.9. The molecule has 0 aliphatic carbocycles. The summed E-state index contributed by atoms with van der Waals surface area (Å²) in [6.07, 6.45) is 1.20. The zero-order valence-electron chi connectivity index (χ0n) is 12.3. The average Bonchev–Trinajstić information content (AvgIpc) is 2.80. The van der Waals surface area contributed by atoms with Gasteiger partial charge in [-0.1, -0.05) is 19.1 Å². The second-order valence-electron chi connectivity index (χ2n) is 5.56. The smallest absolute Gasteiger partial charge is 0.227 e. The SMILES string of the molecule is CC[C@H](C)NC(=O)[C@H]1CC(=O)N(c2cccc(C)c2)C1. The van der Waals surface area contributed by atoms with E-state index in [0.717, 1.165) is 17.7 Å². The number of nitrogens with zero attached hydrogens (tertiary/aromatic N) is 1. The molecule has 0 radical (unpaired) electrons. The fraction of sp³-hybridized carbons (Fsp3) is 0.500. The monoisotopic (exact) mass is 274 g/mol. The Kier molecular flexibility index (Phi) is 4.42. The average molecular weight is 274 g/mol. The van der Waals surface area contributed by atoms with Crippen molar-refractivity contribution in [3.8, 4) is 0 Å². The number of rotatable bonds is 4. The number of benzene rings is 1. The highest BCUT2D eigenvalue weighted by atomic mass is 16.2. The molecule has 0 aromatic heterocycles. The zero-order chi connectivity index (χ0) is 14.7. The van der Waals surface area contributed by atoms with E-state index in [1.165, 1.54) is 0 Å². The highest BCUT2D eigenvalue weighted by molar-refractivity contribution is 6.00. The Hall–Kier alpha value is -1.84. The molecule has 1 aliphatic rings. The van der Waals surface area contributed by atoms with Crippen LogP contribution in [-0.4, -0.2) is 24.4 Å². The number of anilines is 1. The van der Waals surface area contributed by atoms with Gasteiger partial charge in [0.1, 0.15) is 0 Å². The Labute approximate surface area is 120 Å². The molecule has 0 bridgehead atoms. The van der Waals surface area contributed by atoms with E-state index in [0.29, 0.717) is 13.0 Å². The highest BCUT2D eigenvalue weighted by Gasteiger charge is 2.35. The van der Waals surface area contributed by atoms with Crippen LogP contribution in [0.5, 0.6) is 0 Å². The Morgan fingerprint density at radius 1 is 1.50 bits per heavy atom. The molecule has 4 nitrogen and oxygen atoms in total. The minimum absolute atomic E-state index is 0.0112. The molecule has 2 amide bonds. The fourth-order valence-electron chi connectivity index (χ4n) is 2.39. The first kappa shape index (κ1) is 14.6. The normalized spacial score (nSPS) is 20.1. The second kappa shape index (κ2) is 6.07. The lowest BCUT2D eigenvalue weighted by Crippen LogP contribution is -2.38. The molecule has 1 saturated heterocycles. The lowest BCUT2D eigenvalue weighted by Gasteiger charge is -2.18. The highest BCUT2D eigenvalue weighted by Crippen LogP contribution is 2.25. The molecule has 1 N–H and O–H groups in total. The maximum absolute atomic E-state index is 12.1. The third-order valence-electron chi connectivity index (χ3n) is 3.81. The molecule has 2 rings (SSSR count). The summed E-state index contributed by atoms with van der Waals surface area (Å²) in [5.41, 5.74) is 2.00. The van der Waals surface area contributed by atoms with E-state index >= 15 is 0 Å². The summed E-state index contributed by atoms with van der Waals surface area (Å²) in [7, 11) is 0. The number of hydrogen-bond donors (Lipinski definition) is 1. The number of hydrogen-bond acceptors (Lipinski definition) is 2. The maximum Gasteiger partial charge on any atom is 0.227 e. The standard InChI is InChI=1S/C16H22N2O2/c1-4-12(3)17-16(20)13-9-15(19)18(10-13)14-7-5-6-11(2)8-14/h5-8,12-13H,4,9-10H2,1-3H3,(H,17,20)/t12-,13-/m0/s1. The Balaban J connectivity index is 2.05. The van der Waals surface area contributed by atoms with Gasteiger partial charge in [-0.3, -0.25) is 9.59 Å². The first-order valence-corrected chi connectivity index (χ1v) is 7.18. The van der Waals surface area contributed by atoms with E-state index in [1.807, 2.05) is 45.0 Å². The first-order valence-electron chi connectivity index (χ1n) is 7.18. The summed E-state index contributed by atoms with van der Waals surface area (Å²) >= 11 is 0. The van der Waals surface area contributed by atoms with Gasteiger partial charge in [-0.2, -0.15) is 0 Å². The van der Waals surface area contributed by atoms with Crippen LogP contribution in [0.2, 0.25) is 0 Å². The number of carbonyl (C=O) groups excluding carboxylic acids is 2. The van der Waals surface area contributed by atoms with Crippen molar-refractivity contribution in [3.63, 3.8) is 0 Å².